The van der Waals surface area contributed by atoms with Gasteiger partial charge in [-0.1, -0.05) is 18.5 Å². The smallest absolute Gasteiger partial charge is 0.262 e. The summed E-state index contributed by atoms with van der Waals surface area (Å²) in [5.41, 5.74) is 5.99. The zero-order chi connectivity index (χ0) is 19.0. The Kier molecular flexibility index (Phi) is 4.52. The summed E-state index contributed by atoms with van der Waals surface area (Å²) in [4.78, 5) is 47.7. The highest BCUT2D eigenvalue weighted by Gasteiger charge is 2.31. The average Bonchev–Trinajstić information content (AvgIpc) is 2.84. The number of carbonyl (C=O) groups excluding carboxylic acids is 3. The van der Waals surface area contributed by atoms with Crippen LogP contribution in [0.25, 0.3) is 5.69 Å². The minimum absolute atomic E-state index is 0.0500. The Bertz CT molecular complexity index is 1010. The van der Waals surface area contributed by atoms with Gasteiger partial charge in [0.2, 0.25) is 5.91 Å². The predicted octanol–water partition coefficient (Wildman–Crippen LogP) is 1.70. The Morgan fingerprint density at radius 3 is 2.62 bits per heavy atom. The lowest BCUT2D eigenvalue weighted by atomic mass is 10.1. The molecule has 3 rings (SSSR count). The van der Waals surface area contributed by atoms with Crippen LogP contribution in [-0.2, 0) is 4.79 Å². The van der Waals surface area contributed by atoms with Gasteiger partial charge in [0.05, 0.1) is 27.5 Å². The molecule has 1 aliphatic heterocycles. The fourth-order valence-corrected chi connectivity index (χ4v) is 2.95. The number of imide groups is 1. The van der Waals surface area contributed by atoms with E-state index in [1.54, 1.807) is 0 Å². The zero-order valence-electron chi connectivity index (χ0n) is 13.8. The second-order valence-electron chi connectivity index (χ2n) is 5.74. The molecule has 0 atom stereocenters. The highest BCUT2D eigenvalue weighted by Crippen LogP contribution is 2.28. The van der Waals surface area contributed by atoms with Gasteiger partial charge in [0.25, 0.3) is 17.4 Å². The van der Waals surface area contributed by atoms with Gasteiger partial charge in [-0.05, 0) is 24.6 Å². The van der Waals surface area contributed by atoms with Crippen molar-refractivity contribution < 1.29 is 14.4 Å². The molecule has 2 aromatic rings. The van der Waals surface area contributed by atoms with Gasteiger partial charge in [0, 0.05) is 12.5 Å². The van der Waals surface area contributed by atoms with E-state index in [1.807, 2.05) is 6.92 Å². The van der Waals surface area contributed by atoms with Crippen LogP contribution in [0.5, 0.6) is 0 Å². The number of anilines is 2. The molecule has 3 amide bonds. The number of nitrogens with zero attached hydrogens (tertiary/aromatic N) is 1. The largest absolute Gasteiger partial charge is 0.384 e. The van der Waals surface area contributed by atoms with E-state index in [-0.39, 0.29) is 27.9 Å². The molecule has 1 aromatic heterocycles. The topological polar surface area (TPSA) is 123 Å². The van der Waals surface area contributed by atoms with Gasteiger partial charge in [-0.3, -0.25) is 29.1 Å². The number of rotatable bonds is 4. The lowest BCUT2D eigenvalue weighted by Crippen LogP contribution is -2.24. The number of nitrogen functional groups attached to an aromatic ring is 1. The number of fused-ring (bicyclic) bond motifs is 1. The second kappa shape index (κ2) is 6.64. The number of carbonyl (C=O) groups is 3. The third kappa shape index (κ3) is 2.95. The van der Waals surface area contributed by atoms with Gasteiger partial charge in [-0.15, -0.1) is 0 Å². The number of hydrogen-bond donors (Lipinski definition) is 3. The maximum Gasteiger partial charge on any atom is 0.262 e. The number of aromatic nitrogens is 1. The van der Waals surface area contributed by atoms with Crippen molar-refractivity contribution in [2.75, 3.05) is 11.1 Å². The molecular weight excluding hydrogens is 360 g/mol. The van der Waals surface area contributed by atoms with Crippen LogP contribution in [0.3, 0.4) is 0 Å². The van der Waals surface area contributed by atoms with E-state index >= 15 is 0 Å². The van der Waals surface area contributed by atoms with E-state index < -0.39 is 17.4 Å². The molecule has 0 spiro atoms. The van der Waals surface area contributed by atoms with E-state index in [0.29, 0.717) is 24.2 Å². The van der Waals surface area contributed by atoms with Crippen molar-refractivity contribution in [3.63, 3.8) is 0 Å². The van der Waals surface area contributed by atoms with Crippen LogP contribution in [0, 0.1) is 0 Å². The summed E-state index contributed by atoms with van der Waals surface area (Å²) in [7, 11) is 0. The van der Waals surface area contributed by atoms with Crippen LogP contribution in [-0.4, -0.2) is 22.3 Å². The standard InChI is InChI=1S/C17H15ClN4O4/c1-2-3-12(23)20-11-5-4-8(6-10(11)18)22-13(24)7-9-14(15(22)19)17(26)21-16(9)25/h4-7H,2-3,19H2,1H3,(H,20,23)(H,21,25,26). The molecule has 1 aromatic carbocycles. The van der Waals surface area contributed by atoms with E-state index in [2.05, 4.69) is 10.6 Å². The fraction of sp³-hybridized carbons (Fsp3) is 0.176. The summed E-state index contributed by atoms with van der Waals surface area (Å²) in [6.45, 7) is 1.88. The maximum atomic E-state index is 12.4. The van der Waals surface area contributed by atoms with Crippen LogP contribution in [0.4, 0.5) is 11.5 Å². The number of nitrogens with one attached hydrogen (secondary N) is 2. The molecule has 0 saturated heterocycles. The van der Waals surface area contributed by atoms with Crippen LogP contribution in [0.2, 0.25) is 5.02 Å². The SMILES string of the molecule is CCCC(=O)Nc1ccc(-n2c(N)c3c(cc2=O)C(=O)NC3=O)cc1Cl. The molecule has 26 heavy (non-hydrogen) atoms. The highest BCUT2D eigenvalue weighted by molar-refractivity contribution is 6.34. The average molecular weight is 375 g/mol. The summed E-state index contributed by atoms with van der Waals surface area (Å²) in [6, 6.07) is 5.57. The van der Waals surface area contributed by atoms with Gasteiger partial charge >= 0.3 is 0 Å². The minimum atomic E-state index is -0.661. The van der Waals surface area contributed by atoms with Crippen molar-refractivity contribution in [3.05, 3.63) is 50.8 Å². The lowest BCUT2D eigenvalue weighted by molar-refractivity contribution is -0.116. The minimum Gasteiger partial charge on any atom is -0.384 e. The van der Waals surface area contributed by atoms with Crippen molar-refractivity contribution in [2.45, 2.75) is 19.8 Å². The van der Waals surface area contributed by atoms with Gasteiger partial charge in [0.15, 0.2) is 0 Å². The first-order chi connectivity index (χ1) is 12.3. The Labute approximate surface area is 152 Å². The second-order valence-corrected chi connectivity index (χ2v) is 6.14. The van der Waals surface area contributed by atoms with Crippen LogP contribution in [0.1, 0.15) is 40.5 Å². The molecule has 9 heteroatoms. The molecule has 134 valence electrons. The van der Waals surface area contributed by atoms with Crippen molar-refractivity contribution in [1.82, 2.24) is 9.88 Å². The number of benzene rings is 1. The molecule has 8 nitrogen and oxygen atoms in total. The molecule has 0 bridgehead atoms. The lowest BCUT2D eigenvalue weighted by Gasteiger charge is -2.14. The third-order valence-corrected chi connectivity index (χ3v) is 4.23. The molecule has 1 aliphatic rings. The predicted molar refractivity (Wildman–Crippen MR) is 96.8 cm³/mol. The summed E-state index contributed by atoms with van der Waals surface area (Å²) in [5.74, 6) is -1.65. The number of nitrogens with two attached hydrogens (primary N) is 1. The Morgan fingerprint density at radius 2 is 1.96 bits per heavy atom. The number of hydrogen-bond acceptors (Lipinski definition) is 5. The number of pyridine rings is 1. The molecule has 2 heterocycles. The zero-order valence-corrected chi connectivity index (χ0v) is 14.5. The number of amides is 3. The monoisotopic (exact) mass is 374 g/mol. The molecule has 0 unspecified atom stereocenters. The number of halogens is 1. The summed E-state index contributed by atoms with van der Waals surface area (Å²) >= 11 is 6.19. The Hall–Kier alpha value is -3.13. The van der Waals surface area contributed by atoms with Gasteiger partial charge in [0.1, 0.15) is 5.82 Å². The summed E-state index contributed by atoms with van der Waals surface area (Å²) in [5, 5.41) is 4.98. The Morgan fingerprint density at radius 1 is 1.23 bits per heavy atom. The maximum absolute atomic E-state index is 12.4. The van der Waals surface area contributed by atoms with E-state index in [9.17, 15) is 19.2 Å². The normalized spacial score (nSPS) is 12.7. The van der Waals surface area contributed by atoms with Crippen LogP contribution < -0.4 is 21.9 Å². The molecule has 0 radical (unpaired) electrons. The highest BCUT2D eigenvalue weighted by atomic mass is 35.5. The van der Waals surface area contributed by atoms with Crippen LogP contribution in [0.15, 0.2) is 29.1 Å². The quantitative estimate of drug-likeness (QED) is 0.703. The van der Waals surface area contributed by atoms with Gasteiger partial charge < -0.3 is 11.1 Å². The van der Waals surface area contributed by atoms with E-state index in [0.717, 1.165) is 10.6 Å². The fourth-order valence-electron chi connectivity index (χ4n) is 2.73. The van der Waals surface area contributed by atoms with Gasteiger partial charge in [-0.2, -0.15) is 0 Å². The first kappa shape index (κ1) is 17.7. The van der Waals surface area contributed by atoms with Gasteiger partial charge in [-0.25, -0.2) is 0 Å². The molecule has 0 fully saturated rings. The third-order valence-electron chi connectivity index (χ3n) is 3.92. The first-order valence-electron chi connectivity index (χ1n) is 7.84. The molecule has 0 saturated carbocycles. The summed E-state index contributed by atoms with van der Waals surface area (Å²) in [6.07, 6.45) is 1.06. The van der Waals surface area contributed by atoms with Crippen molar-refractivity contribution >= 4 is 40.8 Å². The van der Waals surface area contributed by atoms with Crippen LogP contribution >= 0.6 is 11.6 Å². The Balaban J connectivity index is 2.06. The van der Waals surface area contributed by atoms with Crippen molar-refractivity contribution in [1.29, 1.82) is 0 Å². The first-order valence-corrected chi connectivity index (χ1v) is 8.22. The molecule has 0 aliphatic carbocycles. The summed E-state index contributed by atoms with van der Waals surface area (Å²) < 4.78 is 1.08. The molecular formula is C17H15ClN4O4. The van der Waals surface area contributed by atoms with Crippen molar-refractivity contribution in [3.8, 4) is 5.69 Å². The van der Waals surface area contributed by atoms with E-state index in [4.69, 9.17) is 17.3 Å². The van der Waals surface area contributed by atoms with E-state index in [1.165, 1.54) is 18.2 Å². The van der Waals surface area contributed by atoms with Crippen molar-refractivity contribution in [2.24, 2.45) is 0 Å². The molecule has 4 N–H and O–H groups in total.